The molecule has 0 saturated heterocycles. The molecular formula is C24H24N2O2S. The molecule has 29 heavy (non-hydrogen) atoms. The number of hydrogen-bond donors (Lipinski definition) is 1. The normalized spacial score (nSPS) is 10.5. The number of Topliss-reactive ketones (excluding diaryl/α,β-unsaturated/α-hetero) is 1. The lowest BCUT2D eigenvalue weighted by molar-refractivity contribution is -0.116. The van der Waals surface area contributed by atoms with E-state index < -0.39 is 0 Å². The number of ketones is 1. The predicted molar refractivity (Wildman–Crippen MR) is 118 cm³/mol. The quantitative estimate of drug-likeness (QED) is 0.376. The largest absolute Gasteiger partial charge is 0.326 e. The summed E-state index contributed by atoms with van der Waals surface area (Å²) >= 11 is 1.72. The number of benzene rings is 2. The van der Waals surface area contributed by atoms with Crippen LogP contribution >= 0.6 is 11.8 Å². The lowest BCUT2D eigenvalue weighted by Gasteiger charge is -2.07. The van der Waals surface area contributed by atoms with Gasteiger partial charge < -0.3 is 5.32 Å². The number of aryl methyl sites for hydroxylation is 1. The molecule has 0 atom stereocenters. The molecule has 2 aromatic carbocycles. The van der Waals surface area contributed by atoms with Gasteiger partial charge in [-0.1, -0.05) is 37.3 Å². The van der Waals surface area contributed by atoms with E-state index in [9.17, 15) is 9.59 Å². The van der Waals surface area contributed by atoms with Crippen molar-refractivity contribution in [3.63, 3.8) is 0 Å². The van der Waals surface area contributed by atoms with Crippen LogP contribution in [0.25, 0.3) is 0 Å². The molecule has 0 spiro atoms. The van der Waals surface area contributed by atoms with Gasteiger partial charge in [-0.2, -0.15) is 0 Å². The Morgan fingerprint density at radius 1 is 0.931 bits per heavy atom. The van der Waals surface area contributed by atoms with Gasteiger partial charge in [-0.3, -0.25) is 14.6 Å². The standard InChI is InChI=1S/C24H24N2O2S/c1-2-18-5-7-20(8-6-18)23(27)13-14-24(28)26-21-9-11-22(12-10-21)29-17-19-4-3-15-25-16-19/h3-12,15-16H,2,13-14,17H2,1H3,(H,26,28). The molecule has 0 bridgehead atoms. The van der Waals surface area contributed by atoms with Crippen LogP contribution in [0, 0.1) is 0 Å². The van der Waals surface area contributed by atoms with Crippen molar-refractivity contribution in [3.8, 4) is 0 Å². The molecular weight excluding hydrogens is 380 g/mol. The summed E-state index contributed by atoms with van der Waals surface area (Å²) in [5.74, 6) is 0.685. The van der Waals surface area contributed by atoms with E-state index in [4.69, 9.17) is 0 Å². The summed E-state index contributed by atoms with van der Waals surface area (Å²) in [7, 11) is 0. The topological polar surface area (TPSA) is 59.1 Å². The van der Waals surface area contributed by atoms with Crippen LogP contribution in [0.3, 0.4) is 0 Å². The van der Waals surface area contributed by atoms with E-state index in [1.54, 1.807) is 18.0 Å². The minimum atomic E-state index is -0.153. The Kier molecular flexibility index (Phi) is 7.59. The highest BCUT2D eigenvalue weighted by molar-refractivity contribution is 7.98. The van der Waals surface area contributed by atoms with E-state index in [1.165, 1.54) is 11.1 Å². The average Bonchev–Trinajstić information content (AvgIpc) is 2.78. The molecule has 0 saturated carbocycles. The lowest BCUT2D eigenvalue weighted by atomic mass is 10.0. The molecule has 0 fully saturated rings. The first-order chi connectivity index (χ1) is 14.1. The Balaban J connectivity index is 1.44. The van der Waals surface area contributed by atoms with Crippen molar-refractivity contribution in [1.29, 1.82) is 0 Å². The van der Waals surface area contributed by atoms with Crippen molar-refractivity contribution >= 4 is 29.1 Å². The molecule has 148 valence electrons. The minimum absolute atomic E-state index is 0.00930. The highest BCUT2D eigenvalue weighted by atomic mass is 32.2. The molecule has 0 aliphatic heterocycles. The van der Waals surface area contributed by atoms with E-state index in [0.717, 1.165) is 22.8 Å². The SMILES string of the molecule is CCc1ccc(C(=O)CCC(=O)Nc2ccc(SCc3cccnc3)cc2)cc1. The Morgan fingerprint density at radius 2 is 1.69 bits per heavy atom. The number of hydrogen-bond acceptors (Lipinski definition) is 4. The fourth-order valence-corrected chi connectivity index (χ4v) is 3.64. The first-order valence-corrected chi connectivity index (χ1v) is 10.7. The molecule has 0 aliphatic rings. The number of aromatic nitrogens is 1. The zero-order valence-corrected chi connectivity index (χ0v) is 17.2. The molecule has 3 rings (SSSR count). The predicted octanol–water partition coefficient (Wildman–Crippen LogP) is 5.54. The van der Waals surface area contributed by atoms with Crippen LogP contribution in [0.4, 0.5) is 5.69 Å². The monoisotopic (exact) mass is 404 g/mol. The number of nitrogens with zero attached hydrogens (tertiary/aromatic N) is 1. The first-order valence-electron chi connectivity index (χ1n) is 9.68. The molecule has 1 amide bonds. The Bertz CT molecular complexity index is 939. The number of pyridine rings is 1. The average molecular weight is 405 g/mol. The third-order valence-corrected chi connectivity index (χ3v) is 5.61. The molecule has 0 aliphatic carbocycles. The molecule has 1 N–H and O–H groups in total. The fraction of sp³-hybridized carbons (Fsp3) is 0.208. The Labute approximate surface area is 175 Å². The third kappa shape index (κ3) is 6.57. The fourth-order valence-electron chi connectivity index (χ4n) is 2.81. The summed E-state index contributed by atoms with van der Waals surface area (Å²) in [5, 5.41) is 2.86. The van der Waals surface area contributed by atoms with Crippen molar-refractivity contribution in [2.75, 3.05) is 5.32 Å². The van der Waals surface area contributed by atoms with Crippen LogP contribution in [0.1, 0.15) is 41.3 Å². The number of carbonyl (C=O) groups excluding carboxylic acids is 2. The van der Waals surface area contributed by atoms with Crippen LogP contribution in [-0.4, -0.2) is 16.7 Å². The van der Waals surface area contributed by atoms with Crippen LogP contribution in [0.15, 0.2) is 78.0 Å². The van der Waals surface area contributed by atoms with Gasteiger partial charge in [0.2, 0.25) is 5.91 Å². The van der Waals surface area contributed by atoms with Crippen LogP contribution < -0.4 is 5.32 Å². The third-order valence-electron chi connectivity index (χ3n) is 4.53. The zero-order chi connectivity index (χ0) is 20.5. The Hall–Kier alpha value is -2.92. The first kappa shape index (κ1) is 20.8. The van der Waals surface area contributed by atoms with Crippen molar-refractivity contribution in [2.45, 2.75) is 36.8 Å². The van der Waals surface area contributed by atoms with Crippen LogP contribution in [-0.2, 0) is 17.0 Å². The zero-order valence-electron chi connectivity index (χ0n) is 16.4. The van der Waals surface area contributed by atoms with Gasteiger partial charge in [0.05, 0.1) is 0 Å². The van der Waals surface area contributed by atoms with E-state index in [1.807, 2.05) is 66.9 Å². The number of rotatable bonds is 9. The summed E-state index contributed by atoms with van der Waals surface area (Å²) in [4.78, 5) is 29.7. The van der Waals surface area contributed by atoms with E-state index in [0.29, 0.717) is 5.56 Å². The van der Waals surface area contributed by atoms with E-state index in [-0.39, 0.29) is 24.5 Å². The summed E-state index contributed by atoms with van der Waals surface area (Å²) in [6.07, 6.45) is 4.95. The minimum Gasteiger partial charge on any atom is -0.326 e. The molecule has 0 unspecified atom stereocenters. The maximum atomic E-state index is 12.2. The second-order valence-corrected chi connectivity index (χ2v) is 7.74. The van der Waals surface area contributed by atoms with Crippen molar-refractivity contribution in [1.82, 2.24) is 4.98 Å². The maximum absolute atomic E-state index is 12.2. The number of thioether (sulfide) groups is 1. The molecule has 0 radical (unpaired) electrons. The number of nitrogens with one attached hydrogen (secondary N) is 1. The molecule has 5 heteroatoms. The second-order valence-electron chi connectivity index (χ2n) is 6.70. The van der Waals surface area contributed by atoms with Gasteiger partial charge in [-0.25, -0.2) is 0 Å². The van der Waals surface area contributed by atoms with E-state index >= 15 is 0 Å². The van der Waals surface area contributed by atoms with Gasteiger partial charge >= 0.3 is 0 Å². The molecule has 3 aromatic rings. The van der Waals surface area contributed by atoms with Gasteiger partial charge in [0.15, 0.2) is 5.78 Å². The molecule has 1 heterocycles. The molecule has 4 nitrogen and oxygen atoms in total. The summed E-state index contributed by atoms with van der Waals surface area (Å²) in [6.45, 7) is 2.08. The summed E-state index contributed by atoms with van der Waals surface area (Å²) in [5.41, 5.74) is 3.76. The van der Waals surface area contributed by atoms with Crippen molar-refractivity contribution in [2.24, 2.45) is 0 Å². The highest BCUT2D eigenvalue weighted by Crippen LogP contribution is 2.24. The molecule has 1 aromatic heterocycles. The Morgan fingerprint density at radius 3 is 2.34 bits per heavy atom. The smallest absolute Gasteiger partial charge is 0.224 e. The van der Waals surface area contributed by atoms with Gasteiger partial charge in [0.25, 0.3) is 0 Å². The van der Waals surface area contributed by atoms with Gasteiger partial charge in [-0.05, 0) is 47.9 Å². The number of amides is 1. The number of anilines is 1. The second kappa shape index (κ2) is 10.6. The van der Waals surface area contributed by atoms with Crippen molar-refractivity contribution in [3.05, 3.63) is 89.7 Å². The van der Waals surface area contributed by atoms with E-state index in [2.05, 4.69) is 17.2 Å². The van der Waals surface area contributed by atoms with Gasteiger partial charge in [-0.15, -0.1) is 11.8 Å². The number of carbonyl (C=O) groups is 2. The van der Waals surface area contributed by atoms with Gasteiger partial charge in [0, 0.05) is 47.1 Å². The lowest BCUT2D eigenvalue weighted by Crippen LogP contribution is -2.13. The van der Waals surface area contributed by atoms with Gasteiger partial charge in [0.1, 0.15) is 0 Å². The van der Waals surface area contributed by atoms with Crippen LogP contribution in [0.5, 0.6) is 0 Å². The summed E-state index contributed by atoms with van der Waals surface area (Å²) in [6, 6.07) is 19.3. The van der Waals surface area contributed by atoms with Crippen molar-refractivity contribution < 1.29 is 9.59 Å². The van der Waals surface area contributed by atoms with Crippen LogP contribution in [0.2, 0.25) is 0 Å². The summed E-state index contributed by atoms with van der Waals surface area (Å²) < 4.78 is 0. The maximum Gasteiger partial charge on any atom is 0.224 e. The highest BCUT2D eigenvalue weighted by Gasteiger charge is 2.10.